The average molecular weight is 483 g/mol. The van der Waals surface area contributed by atoms with E-state index in [9.17, 15) is 18.0 Å². The number of pyridine rings is 1. The molecule has 4 rings (SSSR count). The number of nitrogens with zero attached hydrogens (tertiary/aromatic N) is 3. The van der Waals surface area contributed by atoms with Crippen molar-refractivity contribution in [2.45, 2.75) is 64.7 Å². The molecule has 9 heteroatoms. The van der Waals surface area contributed by atoms with Crippen LogP contribution in [0, 0.1) is 17.3 Å². The van der Waals surface area contributed by atoms with Crippen molar-refractivity contribution in [1.29, 1.82) is 0 Å². The Balaban J connectivity index is 1.38. The van der Waals surface area contributed by atoms with E-state index in [4.69, 9.17) is 4.74 Å². The van der Waals surface area contributed by atoms with E-state index >= 15 is 0 Å². The molecule has 2 saturated heterocycles. The monoisotopic (exact) mass is 482 g/mol. The van der Waals surface area contributed by atoms with E-state index < -0.39 is 11.7 Å². The largest absolute Gasteiger partial charge is 0.416 e. The summed E-state index contributed by atoms with van der Waals surface area (Å²) in [6, 6.07) is 2.84. The predicted molar refractivity (Wildman–Crippen MR) is 124 cm³/mol. The smallest absolute Gasteiger partial charge is 0.381 e. The Kier molecular flexibility index (Phi) is 7.43. The summed E-state index contributed by atoms with van der Waals surface area (Å²) in [5, 5.41) is 3.82. The van der Waals surface area contributed by atoms with E-state index in [1.165, 1.54) is 6.20 Å². The van der Waals surface area contributed by atoms with Crippen LogP contribution in [0.2, 0.25) is 0 Å². The van der Waals surface area contributed by atoms with E-state index in [0.29, 0.717) is 50.0 Å². The Morgan fingerprint density at radius 1 is 1.24 bits per heavy atom. The molecular formula is C25H37F3N4O2. The number of hydrogen-bond donors (Lipinski definition) is 1. The topological polar surface area (TPSA) is 57.7 Å². The Morgan fingerprint density at radius 3 is 2.62 bits per heavy atom. The fourth-order valence-electron chi connectivity index (χ4n) is 5.84. The molecule has 1 saturated carbocycles. The van der Waals surface area contributed by atoms with Crippen LogP contribution in [0.5, 0.6) is 0 Å². The molecule has 1 aromatic rings. The molecule has 3 heterocycles. The molecule has 0 aromatic carbocycles. The molecule has 6 nitrogen and oxygen atoms in total. The second-order valence-electron chi connectivity index (χ2n) is 10.5. The zero-order valence-corrected chi connectivity index (χ0v) is 20.4. The van der Waals surface area contributed by atoms with E-state index in [0.717, 1.165) is 51.0 Å². The molecule has 34 heavy (non-hydrogen) atoms. The number of carbonyl (C=O) groups is 1. The van der Waals surface area contributed by atoms with Gasteiger partial charge in [-0.25, -0.2) is 4.98 Å². The third-order valence-corrected chi connectivity index (χ3v) is 8.13. The van der Waals surface area contributed by atoms with Gasteiger partial charge in [-0.3, -0.25) is 4.79 Å². The van der Waals surface area contributed by atoms with Gasteiger partial charge in [0, 0.05) is 51.1 Å². The maximum atomic E-state index is 13.8. The summed E-state index contributed by atoms with van der Waals surface area (Å²) in [6.07, 6.45) is 0.508. The van der Waals surface area contributed by atoms with Crippen LogP contribution < -0.4 is 10.2 Å². The third-order valence-electron chi connectivity index (χ3n) is 8.13. The molecule has 4 atom stereocenters. The van der Waals surface area contributed by atoms with Crippen molar-refractivity contribution in [2.24, 2.45) is 17.3 Å². The Bertz CT molecular complexity index is 857. The van der Waals surface area contributed by atoms with Gasteiger partial charge in [0.05, 0.1) is 17.6 Å². The van der Waals surface area contributed by atoms with E-state index in [-0.39, 0.29) is 17.2 Å². The fourth-order valence-corrected chi connectivity index (χ4v) is 5.84. The second kappa shape index (κ2) is 10.0. The highest BCUT2D eigenvalue weighted by molar-refractivity contribution is 5.84. The summed E-state index contributed by atoms with van der Waals surface area (Å²) in [7, 11) is 0. The van der Waals surface area contributed by atoms with E-state index in [1.807, 2.05) is 9.80 Å². The average Bonchev–Trinajstić information content (AvgIpc) is 3.25. The number of nitrogens with one attached hydrogen (secondary N) is 1. The first-order valence-electron chi connectivity index (χ1n) is 12.5. The number of piperazine rings is 1. The highest BCUT2D eigenvalue weighted by Crippen LogP contribution is 2.46. The summed E-state index contributed by atoms with van der Waals surface area (Å²) < 4.78 is 44.8. The number of amides is 1. The van der Waals surface area contributed by atoms with Gasteiger partial charge in [-0.1, -0.05) is 20.8 Å². The Hall–Kier alpha value is -1.87. The molecule has 3 aliphatic rings. The Morgan fingerprint density at radius 2 is 1.97 bits per heavy atom. The molecular weight excluding hydrogens is 445 g/mol. The van der Waals surface area contributed by atoms with Crippen LogP contribution in [-0.4, -0.2) is 67.3 Å². The van der Waals surface area contributed by atoms with Crippen molar-refractivity contribution >= 4 is 11.7 Å². The van der Waals surface area contributed by atoms with Crippen molar-refractivity contribution in [3.63, 3.8) is 0 Å². The minimum atomic E-state index is -4.39. The number of halogens is 3. The number of ether oxygens (including phenoxy) is 1. The summed E-state index contributed by atoms with van der Waals surface area (Å²) in [4.78, 5) is 21.7. The highest BCUT2D eigenvalue weighted by atomic mass is 19.4. The lowest BCUT2D eigenvalue weighted by Crippen LogP contribution is -2.54. The van der Waals surface area contributed by atoms with Gasteiger partial charge in [-0.2, -0.15) is 13.2 Å². The van der Waals surface area contributed by atoms with Gasteiger partial charge < -0.3 is 19.9 Å². The minimum absolute atomic E-state index is 0.198. The first kappa shape index (κ1) is 25.2. The van der Waals surface area contributed by atoms with Crippen molar-refractivity contribution < 1.29 is 22.7 Å². The molecule has 1 amide bonds. The number of anilines is 1. The van der Waals surface area contributed by atoms with Crippen LogP contribution >= 0.6 is 0 Å². The summed E-state index contributed by atoms with van der Waals surface area (Å²) >= 11 is 0. The number of rotatable bonds is 5. The van der Waals surface area contributed by atoms with Crippen LogP contribution in [0.1, 0.15) is 52.0 Å². The summed E-state index contributed by atoms with van der Waals surface area (Å²) in [5.74, 6) is 1.21. The van der Waals surface area contributed by atoms with E-state index in [2.05, 4.69) is 31.1 Å². The van der Waals surface area contributed by atoms with Gasteiger partial charge in [0.25, 0.3) is 0 Å². The molecule has 3 fully saturated rings. The molecule has 1 N–H and O–H groups in total. The van der Waals surface area contributed by atoms with Gasteiger partial charge in [-0.05, 0) is 49.7 Å². The van der Waals surface area contributed by atoms with Crippen molar-refractivity contribution in [3.8, 4) is 0 Å². The van der Waals surface area contributed by atoms with Gasteiger partial charge in [-0.15, -0.1) is 0 Å². The lowest BCUT2D eigenvalue weighted by atomic mass is 9.74. The maximum Gasteiger partial charge on any atom is 0.416 e. The molecule has 0 spiro atoms. The van der Waals surface area contributed by atoms with Gasteiger partial charge in [0.15, 0.2) is 0 Å². The van der Waals surface area contributed by atoms with Crippen LogP contribution in [-0.2, 0) is 15.7 Å². The zero-order chi connectivity index (χ0) is 24.5. The molecule has 0 bridgehead atoms. The Labute approximate surface area is 200 Å². The number of carbonyl (C=O) groups excluding carboxylic acids is 1. The molecule has 0 radical (unpaired) electrons. The highest BCUT2D eigenvalue weighted by Gasteiger charge is 2.50. The van der Waals surface area contributed by atoms with Crippen molar-refractivity contribution in [2.75, 3.05) is 44.3 Å². The first-order valence-corrected chi connectivity index (χ1v) is 12.5. The molecule has 2 aliphatic heterocycles. The molecule has 190 valence electrons. The second-order valence-corrected chi connectivity index (χ2v) is 10.5. The SMILES string of the molecule is CC1COCCC1N[C@@H]1CC[C@@](C(=O)N2CCN(c3cc(C(F)(F)F)ccn3)CC2)(C(C)C)C1. The van der Waals surface area contributed by atoms with Gasteiger partial charge in [0.2, 0.25) is 5.91 Å². The van der Waals surface area contributed by atoms with Crippen LogP contribution in [0.4, 0.5) is 19.0 Å². The molecule has 2 unspecified atom stereocenters. The minimum Gasteiger partial charge on any atom is -0.381 e. The number of alkyl halides is 3. The fraction of sp³-hybridized carbons (Fsp3) is 0.760. The van der Waals surface area contributed by atoms with Crippen molar-refractivity contribution in [3.05, 3.63) is 23.9 Å². The van der Waals surface area contributed by atoms with Gasteiger partial charge >= 0.3 is 6.18 Å². The van der Waals surface area contributed by atoms with Crippen LogP contribution in [0.15, 0.2) is 18.3 Å². The first-order chi connectivity index (χ1) is 16.1. The predicted octanol–water partition coefficient (Wildman–Crippen LogP) is 3.96. The number of aromatic nitrogens is 1. The lowest BCUT2D eigenvalue weighted by Gasteiger charge is -2.42. The molecule has 1 aromatic heterocycles. The normalized spacial score (nSPS) is 30.7. The van der Waals surface area contributed by atoms with Crippen molar-refractivity contribution in [1.82, 2.24) is 15.2 Å². The maximum absolute atomic E-state index is 13.8. The third kappa shape index (κ3) is 5.20. The summed E-state index contributed by atoms with van der Waals surface area (Å²) in [6.45, 7) is 10.0. The van der Waals surface area contributed by atoms with Crippen LogP contribution in [0.25, 0.3) is 0 Å². The molecule has 1 aliphatic carbocycles. The zero-order valence-electron chi connectivity index (χ0n) is 20.4. The lowest BCUT2D eigenvalue weighted by molar-refractivity contribution is -0.145. The standard InChI is InChI=1S/C25H37F3N4O2/c1-17(2)24(7-4-20(15-24)30-21-6-13-34-16-18(21)3)23(33)32-11-9-31(10-12-32)22-14-19(5-8-29-22)25(26,27)28/h5,8,14,17-18,20-21,30H,4,6-7,9-13,15-16H2,1-3H3/t18?,20-,21?,24+/m1/s1. The quantitative estimate of drug-likeness (QED) is 0.689. The summed E-state index contributed by atoms with van der Waals surface area (Å²) in [5.41, 5.74) is -1.08. The van der Waals surface area contributed by atoms with Crippen LogP contribution in [0.3, 0.4) is 0 Å². The van der Waals surface area contributed by atoms with E-state index in [1.54, 1.807) is 0 Å². The number of hydrogen-bond acceptors (Lipinski definition) is 5. The van der Waals surface area contributed by atoms with Gasteiger partial charge in [0.1, 0.15) is 5.82 Å².